The number of hydrogen-bond donors (Lipinski definition) is 0. The highest BCUT2D eigenvalue weighted by atomic mass is 19.4. The van der Waals surface area contributed by atoms with E-state index in [1.54, 1.807) is 6.07 Å². The smallest absolute Gasteiger partial charge is 0.399 e. The molecule has 0 N–H and O–H groups in total. The zero-order valence-corrected chi connectivity index (χ0v) is 15.4. The molecule has 0 spiro atoms. The van der Waals surface area contributed by atoms with Crippen LogP contribution in [0.4, 0.5) is 26.3 Å². The van der Waals surface area contributed by atoms with E-state index < -0.39 is 29.6 Å². The molecule has 0 bridgehead atoms. The van der Waals surface area contributed by atoms with E-state index in [2.05, 4.69) is 23.5 Å². The zero-order valence-electron chi connectivity index (χ0n) is 15.4. The minimum Gasteiger partial charge on any atom is -0.399 e. The highest BCUT2D eigenvalue weighted by Crippen LogP contribution is 2.30. The van der Waals surface area contributed by atoms with E-state index in [-0.39, 0.29) is 11.1 Å². The SMILES string of the molecule is CCCC1=Cc2cc(F)c(C#Cc3cc(F)c(OC(F)(F)F)c(F)c3)cc2CC1. The van der Waals surface area contributed by atoms with Gasteiger partial charge in [0.05, 0.1) is 5.56 Å². The summed E-state index contributed by atoms with van der Waals surface area (Å²) < 4.78 is 81.8. The molecule has 0 saturated heterocycles. The van der Waals surface area contributed by atoms with Crippen molar-refractivity contribution in [3.63, 3.8) is 0 Å². The van der Waals surface area contributed by atoms with Gasteiger partial charge in [0.15, 0.2) is 11.6 Å². The summed E-state index contributed by atoms with van der Waals surface area (Å²) in [6.45, 7) is 2.07. The van der Waals surface area contributed by atoms with Gasteiger partial charge in [0.1, 0.15) is 5.82 Å². The first kappa shape index (κ1) is 20.8. The molecule has 0 heterocycles. The van der Waals surface area contributed by atoms with Crippen LogP contribution in [0.5, 0.6) is 5.75 Å². The van der Waals surface area contributed by atoms with Crippen LogP contribution in [0.2, 0.25) is 0 Å². The van der Waals surface area contributed by atoms with Crippen molar-refractivity contribution in [3.8, 4) is 17.6 Å². The maximum atomic E-state index is 14.4. The van der Waals surface area contributed by atoms with Gasteiger partial charge < -0.3 is 4.74 Å². The van der Waals surface area contributed by atoms with Gasteiger partial charge in [-0.3, -0.25) is 0 Å². The molecule has 0 unspecified atom stereocenters. The van der Waals surface area contributed by atoms with E-state index in [9.17, 15) is 26.3 Å². The Labute approximate surface area is 164 Å². The first-order valence-corrected chi connectivity index (χ1v) is 8.95. The topological polar surface area (TPSA) is 9.23 Å². The first-order chi connectivity index (χ1) is 13.7. The van der Waals surface area contributed by atoms with Crippen LogP contribution < -0.4 is 4.74 Å². The Morgan fingerprint density at radius 1 is 0.931 bits per heavy atom. The lowest BCUT2D eigenvalue weighted by molar-refractivity contribution is -0.276. The van der Waals surface area contributed by atoms with Crippen LogP contribution in [0.1, 0.15) is 48.4 Å². The number of rotatable bonds is 3. The number of halogens is 6. The fourth-order valence-corrected chi connectivity index (χ4v) is 3.17. The van der Waals surface area contributed by atoms with Crippen molar-refractivity contribution in [1.29, 1.82) is 0 Å². The lowest BCUT2D eigenvalue weighted by Crippen LogP contribution is -2.19. The molecule has 1 nitrogen and oxygen atoms in total. The Bertz CT molecular complexity index is 1000. The van der Waals surface area contributed by atoms with Gasteiger partial charge in [0, 0.05) is 5.56 Å². The highest BCUT2D eigenvalue weighted by Gasteiger charge is 2.34. The van der Waals surface area contributed by atoms with Gasteiger partial charge in [-0.05, 0) is 54.7 Å². The van der Waals surface area contributed by atoms with Gasteiger partial charge in [-0.2, -0.15) is 0 Å². The van der Waals surface area contributed by atoms with Crippen molar-refractivity contribution in [3.05, 3.63) is 69.5 Å². The monoisotopic (exact) mass is 410 g/mol. The predicted octanol–water partition coefficient (Wildman–Crippen LogP) is 6.53. The van der Waals surface area contributed by atoms with Crippen molar-refractivity contribution < 1.29 is 31.1 Å². The molecule has 7 heteroatoms. The van der Waals surface area contributed by atoms with Gasteiger partial charge in [0.25, 0.3) is 0 Å². The molecule has 0 atom stereocenters. The molecule has 2 aromatic rings. The maximum Gasteiger partial charge on any atom is 0.573 e. The van der Waals surface area contributed by atoms with Gasteiger partial charge in [-0.25, -0.2) is 13.2 Å². The molecule has 0 fully saturated rings. The van der Waals surface area contributed by atoms with Gasteiger partial charge >= 0.3 is 6.36 Å². The summed E-state index contributed by atoms with van der Waals surface area (Å²) in [5.74, 6) is -0.355. The van der Waals surface area contributed by atoms with Crippen LogP contribution in [-0.4, -0.2) is 6.36 Å². The summed E-state index contributed by atoms with van der Waals surface area (Å²) in [5, 5.41) is 0. The molecule has 0 radical (unpaired) electrons. The summed E-state index contributed by atoms with van der Waals surface area (Å²) in [6.07, 6.45) is 0.305. The predicted molar refractivity (Wildman–Crippen MR) is 96.6 cm³/mol. The summed E-state index contributed by atoms with van der Waals surface area (Å²) >= 11 is 0. The lowest BCUT2D eigenvalue weighted by atomic mass is 9.89. The number of hydrogen-bond acceptors (Lipinski definition) is 1. The van der Waals surface area contributed by atoms with Gasteiger partial charge in [-0.1, -0.05) is 36.8 Å². The van der Waals surface area contributed by atoms with E-state index in [1.807, 2.05) is 6.08 Å². The molecule has 152 valence electrons. The second kappa shape index (κ2) is 8.24. The molecule has 0 amide bonds. The Kier molecular flexibility index (Phi) is 5.92. The number of allylic oxidation sites excluding steroid dienone is 1. The fourth-order valence-electron chi connectivity index (χ4n) is 3.17. The van der Waals surface area contributed by atoms with Crippen molar-refractivity contribution in [2.24, 2.45) is 0 Å². The van der Waals surface area contributed by atoms with Crippen LogP contribution in [0.3, 0.4) is 0 Å². The molecular formula is C22H16F6O. The average Bonchev–Trinajstić information content (AvgIpc) is 2.62. The number of aryl methyl sites for hydroxylation is 1. The lowest BCUT2D eigenvalue weighted by Gasteiger charge is -2.16. The molecule has 1 aliphatic carbocycles. The third-order valence-electron chi connectivity index (χ3n) is 4.43. The van der Waals surface area contributed by atoms with Crippen LogP contribution in [-0.2, 0) is 6.42 Å². The van der Waals surface area contributed by atoms with Crippen molar-refractivity contribution in [1.82, 2.24) is 0 Å². The summed E-state index contributed by atoms with van der Waals surface area (Å²) in [6, 6.07) is 4.17. The fraction of sp³-hybridized carbons (Fsp3) is 0.273. The summed E-state index contributed by atoms with van der Waals surface area (Å²) in [5.41, 5.74) is 2.77. The third-order valence-corrected chi connectivity index (χ3v) is 4.43. The van der Waals surface area contributed by atoms with Crippen molar-refractivity contribution in [2.75, 3.05) is 0 Å². The minimum atomic E-state index is -5.23. The minimum absolute atomic E-state index is 0.0486. The van der Waals surface area contributed by atoms with Crippen LogP contribution in [0.25, 0.3) is 6.08 Å². The van der Waals surface area contributed by atoms with Gasteiger partial charge in [-0.15, -0.1) is 13.2 Å². The standard InChI is InChI=1S/C22H16F6O/c1-2-3-13-4-6-15-11-16(18(23)12-17(15)8-13)7-5-14-9-19(24)21(20(25)10-14)29-22(26,27)28/h8-12H,2-4,6H2,1H3. The van der Waals surface area contributed by atoms with E-state index >= 15 is 0 Å². The second-order valence-corrected chi connectivity index (χ2v) is 6.65. The van der Waals surface area contributed by atoms with E-state index in [4.69, 9.17) is 0 Å². The molecular weight excluding hydrogens is 394 g/mol. The molecule has 0 aromatic heterocycles. The maximum absolute atomic E-state index is 14.4. The number of benzene rings is 2. The quantitative estimate of drug-likeness (QED) is 0.413. The van der Waals surface area contributed by atoms with Crippen molar-refractivity contribution in [2.45, 2.75) is 39.0 Å². The summed E-state index contributed by atoms with van der Waals surface area (Å²) in [7, 11) is 0. The summed E-state index contributed by atoms with van der Waals surface area (Å²) in [4.78, 5) is 0. The van der Waals surface area contributed by atoms with E-state index in [0.717, 1.165) is 36.8 Å². The number of ether oxygens (including phenoxy) is 1. The molecule has 0 aliphatic heterocycles. The molecule has 0 saturated carbocycles. The van der Waals surface area contributed by atoms with E-state index in [1.165, 1.54) is 11.6 Å². The van der Waals surface area contributed by atoms with Gasteiger partial charge in [0.2, 0.25) is 5.75 Å². The second-order valence-electron chi connectivity index (χ2n) is 6.65. The molecule has 3 rings (SSSR count). The molecule has 1 aliphatic rings. The Morgan fingerprint density at radius 2 is 1.62 bits per heavy atom. The Balaban J connectivity index is 1.89. The normalized spacial score (nSPS) is 13.3. The molecule has 29 heavy (non-hydrogen) atoms. The number of alkyl halides is 3. The van der Waals surface area contributed by atoms with Crippen LogP contribution >= 0.6 is 0 Å². The first-order valence-electron chi connectivity index (χ1n) is 8.95. The van der Waals surface area contributed by atoms with Crippen molar-refractivity contribution >= 4 is 6.08 Å². The molecule has 2 aromatic carbocycles. The Hall–Kier alpha value is -2.88. The van der Waals surface area contributed by atoms with E-state index in [0.29, 0.717) is 12.1 Å². The third kappa shape index (κ3) is 5.14. The largest absolute Gasteiger partial charge is 0.573 e. The van der Waals surface area contributed by atoms with Crippen LogP contribution in [0, 0.1) is 29.3 Å². The highest BCUT2D eigenvalue weighted by molar-refractivity contribution is 5.62. The Morgan fingerprint density at radius 3 is 2.24 bits per heavy atom. The number of fused-ring (bicyclic) bond motifs is 1. The zero-order chi connectivity index (χ0) is 21.2. The average molecular weight is 410 g/mol. The van der Waals surface area contributed by atoms with Crippen LogP contribution in [0.15, 0.2) is 29.8 Å².